The lowest BCUT2D eigenvalue weighted by Crippen LogP contribution is -2.42. The quantitative estimate of drug-likeness (QED) is 0.703. The van der Waals surface area contributed by atoms with Gasteiger partial charge in [0.25, 0.3) is 0 Å². The lowest BCUT2D eigenvalue weighted by molar-refractivity contribution is -0.166. The minimum Gasteiger partial charge on any atom is -0.465 e. The van der Waals surface area contributed by atoms with E-state index in [4.69, 9.17) is 9.47 Å². The van der Waals surface area contributed by atoms with Gasteiger partial charge in [-0.15, -0.1) is 0 Å². The van der Waals surface area contributed by atoms with Crippen LogP contribution in [0.25, 0.3) is 0 Å². The second-order valence-corrected chi connectivity index (χ2v) is 5.88. The Bertz CT molecular complexity index is 326. The highest BCUT2D eigenvalue weighted by Gasteiger charge is 2.44. The molecule has 4 unspecified atom stereocenters. The third-order valence-electron chi connectivity index (χ3n) is 4.30. The molecular weight excluding hydrogens is 256 g/mol. The van der Waals surface area contributed by atoms with E-state index in [1.807, 2.05) is 20.8 Å². The highest BCUT2D eigenvalue weighted by atomic mass is 16.5. The summed E-state index contributed by atoms with van der Waals surface area (Å²) in [6.45, 7) is 8.96. The summed E-state index contributed by atoms with van der Waals surface area (Å²) in [4.78, 5) is 24.4. The first-order valence-corrected chi connectivity index (χ1v) is 7.86. The Hall–Kier alpha value is -1.06. The summed E-state index contributed by atoms with van der Waals surface area (Å²) in [5, 5.41) is 0. The molecule has 0 bridgehead atoms. The van der Waals surface area contributed by atoms with E-state index in [2.05, 4.69) is 6.92 Å². The minimum absolute atomic E-state index is 0.160. The van der Waals surface area contributed by atoms with Gasteiger partial charge in [-0.25, -0.2) is 0 Å². The molecule has 1 rings (SSSR count). The molecule has 116 valence electrons. The fraction of sp³-hybridized carbons (Fsp3) is 0.875. The van der Waals surface area contributed by atoms with Gasteiger partial charge in [0.15, 0.2) is 0 Å². The van der Waals surface area contributed by atoms with Crippen molar-refractivity contribution in [2.24, 2.45) is 23.7 Å². The summed E-state index contributed by atoms with van der Waals surface area (Å²) < 4.78 is 10.5. The maximum atomic E-state index is 12.3. The fourth-order valence-electron chi connectivity index (χ4n) is 2.86. The molecule has 0 aromatic rings. The first-order valence-electron chi connectivity index (χ1n) is 7.86. The van der Waals surface area contributed by atoms with E-state index in [0.717, 1.165) is 25.7 Å². The van der Waals surface area contributed by atoms with Gasteiger partial charge in [0.2, 0.25) is 0 Å². The molecule has 0 aliphatic heterocycles. The van der Waals surface area contributed by atoms with Crippen LogP contribution in [-0.2, 0) is 19.1 Å². The van der Waals surface area contributed by atoms with Crippen molar-refractivity contribution < 1.29 is 19.1 Å². The summed E-state index contributed by atoms with van der Waals surface area (Å²) in [7, 11) is 0. The van der Waals surface area contributed by atoms with Crippen molar-refractivity contribution >= 4 is 11.9 Å². The number of hydrogen-bond donors (Lipinski definition) is 0. The van der Waals surface area contributed by atoms with Crippen LogP contribution in [0.4, 0.5) is 0 Å². The number of esters is 2. The summed E-state index contributed by atoms with van der Waals surface area (Å²) in [5.74, 6) is -0.558. The van der Waals surface area contributed by atoms with Crippen molar-refractivity contribution in [1.82, 2.24) is 0 Å². The average Bonchev–Trinajstić information content (AvgIpc) is 2.44. The first kappa shape index (κ1) is 17.0. The zero-order chi connectivity index (χ0) is 15.1. The molecule has 0 saturated heterocycles. The van der Waals surface area contributed by atoms with Gasteiger partial charge in [0.1, 0.15) is 0 Å². The summed E-state index contributed by atoms with van der Waals surface area (Å²) in [5.41, 5.74) is 0. The number of hydrogen-bond acceptors (Lipinski definition) is 4. The van der Waals surface area contributed by atoms with Crippen LogP contribution in [0.15, 0.2) is 0 Å². The van der Waals surface area contributed by atoms with Crippen LogP contribution in [0.1, 0.15) is 53.4 Å². The van der Waals surface area contributed by atoms with E-state index < -0.39 is 0 Å². The number of ether oxygens (including phenoxy) is 2. The zero-order valence-corrected chi connectivity index (χ0v) is 13.2. The minimum atomic E-state index is -0.352. The van der Waals surface area contributed by atoms with Gasteiger partial charge in [0, 0.05) is 0 Å². The van der Waals surface area contributed by atoms with E-state index in [1.165, 1.54) is 0 Å². The molecule has 0 spiro atoms. The van der Waals surface area contributed by atoms with Crippen LogP contribution in [0, 0.1) is 23.7 Å². The van der Waals surface area contributed by atoms with Crippen molar-refractivity contribution in [3.8, 4) is 0 Å². The normalized spacial score (nSPS) is 29.8. The zero-order valence-electron chi connectivity index (χ0n) is 13.2. The monoisotopic (exact) mass is 284 g/mol. The molecule has 1 aliphatic carbocycles. The number of carbonyl (C=O) groups excluding carboxylic acids is 2. The highest BCUT2D eigenvalue weighted by molar-refractivity contribution is 5.82. The van der Waals surface area contributed by atoms with E-state index in [9.17, 15) is 9.59 Å². The summed E-state index contributed by atoms with van der Waals surface area (Å²) in [6, 6.07) is 0. The standard InChI is InChI=1S/C16H28O4/c1-5-9-19-15(17)13-8-7-11(3)12(4)14(13)16(18)20-10-6-2/h11-14H,5-10H2,1-4H3. The largest absolute Gasteiger partial charge is 0.465 e. The maximum absolute atomic E-state index is 12.3. The van der Waals surface area contributed by atoms with Crippen LogP contribution in [-0.4, -0.2) is 25.2 Å². The number of carbonyl (C=O) groups is 2. The predicted octanol–water partition coefficient (Wildman–Crippen LogP) is 3.19. The Kier molecular flexibility index (Phi) is 7.03. The lowest BCUT2D eigenvalue weighted by atomic mass is 9.68. The molecule has 0 radical (unpaired) electrons. The van der Waals surface area contributed by atoms with E-state index in [0.29, 0.717) is 19.1 Å². The molecule has 4 nitrogen and oxygen atoms in total. The molecule has 0 heterocycles. The molecule has 1 aliphatic rings. The molecule has 20 heavy (non-hydrogen) atoms. The Morgan fingerprint density at radius 3 is 2.05 bits per heavy atom. The van der Waals surface area contributed by atoms with Crippen LogP contribution < -0.4 is 0 Å². The van der Waals surface area contributed by atoms with Crippen molar-refractivity contribution in [2.45, 2.75) is 53.4 Å². The summed E-state index contributed by atoms with van der Waals surface area (Å²) >= 11 is 0. The van der Waals surface area contributed by atoms with Crippen LogP contribution >= 0.6 is 0 Å². The molecule has 1 fully saturated rings. The van der Waals surface area contributed by atoms with Crippen molar-refractivity contribution in [3.63, 3.8) is 0 Å². The Morgan fingerprint density at radius 1 is 0.950 bits per heavy atom. The molecule has 0 N–H and O–H groups in total. The van der Waals surface area contributed by atoms with Gasteiger partial charge in [-0.05, 0) is 37.5 Å². The van der Waals surface area contributed by atoms with Gasteiger partial charge in [-0.2, -0.15) is 0 Å². The van der Waals surface area contributed by atoms with Crippen LogP contribution in [0.2, 0.25) is 0 Å². The van der Waals surface area contributed by atoms with E-state index >= 15 is 0 Å². The molecular formula is C16H28O4. The third-order valence-corrected chi connectivity index (χ3v) is 4.30. The molecule has 4 heteroatoms. The molecule has 4 atom stereocenters. The molecule has 0 aromatic heterocycles. The first-order chi connectivity index (χ1) is 9.52. The third kappa shape index (κ3) is 4.22. The molecule has 0 aromatic carbocycles. The van der Waals surface area contributed by atoms with Crippen molar-refractivity contribution in [3.05, 3.63) is 0 Å². The van der Waals surface area contributed by atoms with Crippen LogP contribution in [0.5, 0.6) is 0 Å². The van der Waals surface area contributed by atoms with Crippen molar-refractivity contribution in [1.29, 1.82) is 0 Å². The predicted molar refractivity (Wildman–Crippen MR) is 77.0 cm³/mol. The maximum Gasteiger partial charge on any atom is 0.310 e. The molecule has 0 amide bonds. The lowest BCUT2D eigenvalue weighted by Gasteiger charge is -2.37. The van der Waals surface area contributed by atoms with E-state index in [-0.39, 0.29) is 29.7 Å². The van der Waals surface area contributed by atoms with Gasteiger partial charge in [0.05, 0.1) is 25.0 Å². The Labute approximate surface area is 122 Å². The number of rotatable bonds is 6. The summed E-state index contributed by atoms with van der Waals surface area (Å²) in [6.07, 6.45) is 3.28. The van der Waals surface area contributed by atoms with Crippen molar-refractivity contribution in [2.75, 3.05) is 13.2 Å². The SMILES string of the molecule is CCCOC(=O)C1CCC(C)C(C)C1C(=O)OCCC. The second kappa shape index (κ2) is 8.28. The Morgan fingerprint density at radius 2 is 1.50 bits per heavy atom. The van der Waals surface area contributed by atoms with Gasteiger partial charge in [-0.1, -0.05) is 27.7 Å². The van der Waals surface area contributed by atoms with Gasteiger partial charge >= 0.3 is 11.9 Å². The topological polar surface area (TPSA) is 52.6 Å². The smallest absolute Gasteiger partial charge is 0.310 e. The highest BCUT2D eigenvalue weighted by Crippen LogP contribution is 2.40. The fourth-order valence-corrected chi connectivity index (χ4v) is 2.86. The Balaban J connectivity index is 2.78. The molecule has 1 saturated carbocycles. The van der Waals surface area contributed by atoms with Crippen LogP contribution in [0.3, 0.4) is 0 Å². The van der Waals surface area contributed by atoms with Gasteiger partial charge < -0.3 is 9.47 Å². The second-order valence-electron chi connectivity index (χ2n) is 5.88. The average molecular weight is 284 g/mol. The van der Waals surface area contributed by atoms with Gasteiger partial charge in [-0.3, -0.25) is 9.59 Å². The van der Waals surface area contributed by atoms with E-state index in [1.54, 1.807) is 0 Å².